The van der Waals surface area contributed by atoms with Crippen molar-refractivity contribution in [1.29, 1.82) is 0 Å². The van der Waals surface area contributed by atoms with Gasteiger partial charge in [0.25, 0.3) is 0 Å². The molecule has 0 radical (unpaired) electrons. The van der Waals surface area contributed by atoms with Gasteiger partial charge < -0.3 is 20.1 Å². The highest BCUT2D eigenvalue weighted by Gasteiger charge is 2.47. The summed E-state index contributed by atoms with van der Waals surface area (Å²) in [5.41, 5.74) is 3.93. The third-order valence-corrected chi connectivity index (χ3v) is 7.62. The molecule has 0 bridgehead atoms. The van der Waals surface area contributed by atoms with E-state index in [0.717, 1.165) is 19.3 Å². The number of amides is 2. The zero-order valence-electron chi connectivity index (χ0n) is 19.3. The van der Waals surface area contributed by atoms with E-state index in [1.807, 2.05) is 24.3 Å². The standard InChI is InChI=1S/C27H30N2O5/c1-27(25(31)32)15-29(16-27)24(30)13-17-10-11-18(12-17)28-26(33)34-14-23-21-8-4-2-6-19(21)20-7-3-5-9-22(20)23/h2-9,17-18,23H,10-16H2,1H3,(H,28,33)(H,31,32)/t17-,18+/m0/s1. The van der Waals surface area contributed by atoms with Crippen LogP contribution in [0.2, 0.25) is 0 Å². The molecule has 0 aromatic heterocycles. The maximum Gasteiger partial charge on any atom is 0.407 e. The summed E-state index contributed by atoms with van der Waals surface area (Å²) in [5, 5.41) is 12.2. The Balaban J connectivity index is 1.09. The van der Waals surface area contributed by atoms with Crippen LogP contribution in [0.25, 0.3) is 11.1 Å². The summed E-state index contributed by atoms with van der Waals surface area (Å²) < 4.78 is 5.65. The second-order valence-electron chi connectivity index (χ2n) is 10.2. The maximum absolute atomic E-state index is 12.5. The fourth-order valence-electron chi connectivity index (χ4n) is 5.68. The van der Waals surface area contributed by atoms with Gasteiger partial charge in [0.15, 0.2) is 0 Å². The smallest absolute Gasteiger partial charge is 0.407 e. The van der Waals surface area contributed by atoms with Crippen LogP contribution in [0.15, 0.2) is 48.5 Å². The lowest BCUT2D eigenvalue weighted by Crippen LogP contribution is -2.60. The van der Waals surface area contributed by atoms with Crippen LogP contribution in [0.5, 0.6) is 0 Å². The number of carbonyl (C=O) groups is 3. The van der Waals surface area contributed by atoms with Crippen LogP contribution >= 0.6 is 0 Å². The fourth-order valence-corrected chi connectivity index (χ4v) is 5.68. The number of alkyl carbamates (subject to hydrolysis) is 1. The molecule has 2 N–H and O–H groups in total. The number of likely N-dealkylation sites (tertiary alicyclic amines) is 1. The maximum atomic E-state index is 12.5. The molecule has 1 heterocycles. The van der Waals surface area contributed by atoms with E-state index in [0.29, 0.717) is 6.42 Å². The predicted octanol–water partition coefficient (Wildman–Crippen LogP) is 4.02. The molecule has 7 heteroatoms. The number of carbonyl (C=O) groups excluding carboxylic acids is 2. The lowest BCUT2D eigenvalue weighted by molar-refractivity contribution is -0.164. The van der Waals surface area contributed by atoms with Crippen LogP contribution in [-0.4, -0.2) is 53.7 Å². The van der Waals surface area contributed by atoms with Gasteiger partial charge in [-0.1, -0.05) is 48.5 Å². The normalized spacial score (nSPS) is 22.4. The van der Waals surface area contributed by atoms with Gasteiger partial charge in [-0.3, -0.25) is 9.59 Å². The van der Waals surface area contributed by atoms with E-state index in [1.54, 1.807) is 11.8 Å². The fraction of sp³-hybridized carbons (Fsp3) is 0.444. The van der Waals surface area contributed by atoms with Crippen LogP contribution in [-0.2, 0) is 14.3 Å². The summed E-state index contributed by atoms with van der Waals surface area (Å²) >= 11 is 0. The number of ether oxygens (including phenoxy) is 1. The highest BCUT2D eigenvalue weighted by molar-refractivity contribution is 5.83. The molecule has 2 atom stereocenters. The van der Waals surface area contributed by atoms with Crippen LogP contribution in [0.1, 0.15) is 49.7 Å². The Hall–Kier alpha value is -3.35. The summed E-state index contributed by atoms with van der Waals surface area (Å²) in [6, 6.07) is 16.5. The van der Waals surface area contributed by atoms with Crippen molar-refractivity contribution in [3.8, 4) is 11.1 Å². The van der Waals surface area contributed by atoms with Gasteiger partial charge in [-0.15, -0.1) is 0 Å². The molecular weight excluding hydrogens is 432 g/mol. The zero-order valence-corrected chi connectivity index (χ0v) is 19.3. The minimum atomic E-state index is -0.857. The lowest BCUT2D eigenvalue weighted by atomic mass is 9.81. The van der Waals surface area contributed by atoms with Crippen LogP contribution in [0.4, 0.5) is 4.79 Å². The second kappa shape index (κ2) is 8.78. The van der Waals surface area contributed by atoms with E-state index in [2.05, 4.69) is 29.6 Å². The van der Waals surface area contributed by atoms with E-state index in [1.165, 1.54) is 22.3 Å². The molecule has 34 heavy (non-hydrogen) atoms. The number of nitrogens with one attached hydrogen (secondary N) is 1. The Bertz CT molecular complexity index is 1080. The number of fused-ring (bicyclic) bond motifs is 3. The minimum Gasteiger partial charge on any atom is -0.481 e. The third-order valence-electron chi connectivity index (χ3n) is 7.62. The molecule has 0 unspecified atom stereocenters. The van der Waals surface area contributed by atoms with Gasteiger partial charge >= 0.3 is 12.1 Å². The molecule has 7 nitrogen and oxygen atoms in total. The average molecular weight is 463 g/mol. The largest absolute Gasteiger partial charge is 0.481 e. The molecule has 2 amide bonds. The van der Waals surface area contributed by atoms with Crippen molar-refractivity contribution >= 4 is 18.0 Å². The summed E-state index contributed by atoms with van der Waals surface area (Å²) in [7, 11) is 0. The zero-order chi connectivity index (χ0) is 23.9. The number of nitrogens with zero attached hydrogens (tertiary/aromatic N) is 1. The molecule has 1 aliphatic heterocycles. The van der Waals surface area contributed by atoms with Gasteiger partial charge in [-0.2, -0.15) is 0 Å². The molecule has 2 aromatic carbocycles. The highest BCUT2D eigenvalue weighted by atomic mass is 16.5. The summed E-state index contributed by atoms with van der Waals surface area (Å²) in [6.45, 7) is 2.50. The van der Waals surface area contributed by atoms with Gasteiger partial charge in [0.2, 0.25) is 5.91 Å². The molecule has 1 saturated heterocycles. The molecule has 1 saturated carbocycles. The Kier molecular flexibility index (Phi) is 5.80. The Labute approximate surface area is 199 Å². The molecule has 5 rings (SSSR count). The minimum absolute atomic E-state index is 0.00511. The lowest BCUT2D eigenvalue weighted by Gasteiger charge is -2.45. The van der Waals surface area contributed by atoms with Crippen molar-refractivity contribution in [3.63, 3.8) is 0 Å². The van der Waals surface area contributed by atoms with E-state index in [4.69, 9.17) is 4.74 Å². The van der Waals surface area contributed by atoms with Crippen molar-refractivity contribution in [2.75, 3.05) is 19.7 Å². The first-order valence-electron chi connectivity index (χ1n) is 12.0. The van der Waals surface area contributed by atoms with Gasteiger partial charge in [0, 0.05) is 31.5 Å². The number of rotatable bonds is 6. The van der Waals surface area contributed by atoms with Gasteiger partial charge in [0.1, 0.15) is 6.61 Å². The summed E-state index contributed by atoms with van der Waals surface area (Å²) in [5.74, 6) is -0.626. The number of carboxylic acid groups (broad SMARTS) is 1. The predicted molar refractivity (Wildman–Crippen MR) is 126 cm³/mol. The first kappa shape index (κ1) is 22.4. The second-order valence-corrected chi connectivity index (χ2v) is 10.2. The summed E-state index contributed by atoms with van der Waals surface area (Å²) in [4.78, 5) is 37.9. The van der Waals surface area contributed by atoms with Crippen molar-refractivity contribution in [1.82, 2.24) is 10.2 Å². The van der Waals surface area contributed by atoms with Crippen LogP contribution in [0.3, 0.4) is 0 Å². The number of hydrogen-bond acceptors (Lipinski definition) is 4. The van der Waals surface area contributed by atoms with E-state index >= 15 is 0 Å². The van der Waals surface area contributed by atoms with Crippen molar-refractivity contribution in [2.24, 2.45) is 11.3 Å². The molecular formula is C27H30N2O5. The number of benzene rings is 2. The van der Waals surface area contributed by atoms with Crippen LogP contribution in [0, 0.1) is 11.3 Å². The topological polar surface area (TPSA) is 95.9 Å². The van der Waals surface area contributed by atoms with E-state index < -0.39 is 17.5 Å². The number of carboxylic acids is 1. The first-order chi connectivity index (χ1) is 16.3. The number of hydrogen-bond donors (Lipinski definition) is 2. The third kappa shape index (κ3) is 4.15. The molecule has 2 fully saturated rings. The van der Waals surface area contributed by atoms with E-state index in [-0.39, 0.29) is 43.5 Å². The quantitative estimate of drug-likeness (QED) is 0.676. The van der Waals surface area contributed by atoms with Crippen LogP contribution < -0.4 is 5.32 Å². The van der Waals surface area contributed by atoms with Gasteiger partial charge in [-0.25, -0.2) is 4.79 Å². The van der Waals surface area contributed by atoms with Crippen molar-refractivity contribution in [2.45, 2.75) is 44.6 Å². The Morgan fingerprint density at radius 3 is 2.26 bits per heavy atom. The van der Waals surface area contributed by atoms with Crippen molar-refractivity contribution in [3.05, 3.63) is 59.7 Å². The summed E-state index contributed by atoms with van der Waals surface area (Å²) in [6.07, 6.45) is 2.40. The molecule has 178 valence electrons. The first-order valence-corrected chi connectivity index (χ1v) is 12.0. The van der Waals surface area contributed by atoms with E-state index in [9.17, 15) is 19.5 Å². The Morgan fingerprint density at radius 1 is 1.03 bits per heavy atom. The average Bonchev–Trinajstić information content (AvgIpc) is 3.37. The Morgan fingerprint density at radius 2 is 1.65 bits per heavy atom. The molecule has 3 aliphatic rings. The molecule has 2 aromatic rings. The highest BCUT2D eigenvalue weighted by Crippen LogP contribution is 2.44. The van der Waals surface area contributed by atoms with Crippen molar-refractivity contribution < 1.29 is 24.2 Å². The molecule has 2 aliphatic carbocycles. The number of aliphatic carboxylic acids is 1. The molecule has 0 spiro atoms. The monoisotopic (exact) mass is 462 g/mol. The van der Waals surface area contributed by atoms with Gasteiger partial charge in [-0.05, 0) is 54.4 Å². The van der Waals surface area contributed by atoms with Gasteiger partial charge in [0.05, 0.1) is 5.41 Å². The SMILES string of the molecule is CC1(C(=O)O)CN(C(=O)C[C@H]2CC[C@@H](NC(=O)OCC3c4ccccc4-c4ccccc43)C2)C1.